The van der Waals surface area contributed by atoms with E-state index in [2.05, 4.69) is 13.8 Å². The minimum atomic E-state index is -0.558. The van der Waals surface area contributed by atoms with E-state index in [1.165, 1.54) is 7.11 Å². The first-order valence-corrected chi connectivity index (χ1v) is 9.60. The van der Waals surface area contributed by atoms with Crippen molar-refractivity contribution in [2.75, 3.05) is 20.8 Å². The van der Waals surface area contributed by atoms with Gasteiger partial charge in [-0.2, -0.15) is 0 Å². The summed E-state index contributed by atoms with van der Waals surface area (Å²) in [5, 5.41) is 0. The van der Waals surface area contributed by atoms with Gasteiger partial charge in [0.1, 0.15) is 11.9 Å². The van der Waals surface area contributed by atoms with Gasteiger partial charge in [-0.3, -0.25) is 4.79 Å². The monoisotopic (exact) mass is 380 g/mol. The zero-order chi connectivity index (χ0) is 19.9. The maximum atomic E-state index is 11.8. The van der Waals surface area contributed by atoms with E-state index in [9.17, 15) is 4.79 Å². The number of hydrogen-bond donors (Lipinski definition) is 0. The molecule has 0 unspecified atom stereocenters. The summed E-state index contributed by atoms with van der Waals surface area (Å²) in [7, 11) is 3.04. The van der Waals surface area contributed by atoms with Crippen LogP contribution in [-0.4, -0.2) is 44.8 Å². The van der Waals surface area contributed by atoms with E-state index in [-0.39, 0.29) is 30.5 Å². The quantitative estimate of drug-likeness (QED) is 0.577. The summed E-state index contributed by atoms with van der Waals surface area (Å²) in [6, 6.07) is 7.74. The molecule has 3 atom stereocenters. The Balaban J connectivity index is 2.08. The van der Waals surface area contributed by atoms with Crippen LogP contribution in [0.1, 0.15) is 45.6 Å². The van der Waals surface area contributed by atoms with Crippen molar-refractivity contribution in [3.63, 3.8) is 0 Å². The van der Waals surface area contributed by atoms with Crippen molar-refractivity contribution < 1.29 is 28.5 Å². The zero-order valence-corrected chi connectivity index (χ0v) is 17.0. The molecule has 1 heterocycles. The molecule has 1 aliphatic rings. The van der Waals surface area contributed by atoms with Crippen LogP contribution in [0, 0.1) is 5.92 Å². The first-order valence-electron chi connectivity index (χ1n) is 9.60. The molecule has 6 nitrogen and oxygen atoms in total. The molecule has 1 aromatic carbocycles. The molecule has 1 saturated heterocycles. The molecule has 0 bridgehead atoms. The van der Waals surface area contributed by atoms with Crippen LogP contribution in [0.5, 0.6) is 5.75 Å². The van der Waals surface area contributed by atoms with Crippen LogP contribution in [0.15, 0.2) is 24.3 Å². The normalized spacial score (nSPS) is 20.9. The van der Waals surface area contributed by atoms with Gasteiger partial charge in [0, 0.05) is 0 Å². The molecule has 0 amide bonds. The average Bonchev–Trinajstić information content (AvgIpc) is 3.13. The van der Waals surface area contributed by atoms with Gasteiger partial charge in [0.2, 0.25) is 0 Å². The van der Waals surface area contributed by atoms with Crippen molar-refractivity contribution in [1.29, 1.82) is 0 Å². The third kappa shape index (κ3) is 5.67. The fraction of sp³-hybridized carbons (Fsp3) is 0.667. The van der Waals surface area contributed by atoms with Crippen LogP contribution in [-0.2, 0) is 30.3 Å². The number of carbonyl (C=O) groups is 1. The largest absolute Gasteiger partial charge is 0.497 e. The number of ether oxygens (including phenoxy) is 5. The first kappa shape index (κ1) is 21.7. The van der Waals surface area contributed by atoms with E-state index in [1.54, 1.807) is 7.11 Å². The molecular formula is C21H32O6. The lowest BCUT2D eigenvalue weighted by atomic mass is 9.96. The van der Waals surface area contributed by atoms with Gasteiger partial charge < -0.3 is 23.7 Å². The Morgan fingerprint density at radius 2 is 1.89 bits per heavy atom. The van der Waals surface area contributed by atoms with E-state index < -0.39 is 5.79 Å². The average molecular weight is 380 g/mol. The van der Waals surface area contributed by atoms with Gasteiger partial charge in [-0.05, 0) is 36.5 Å². The van der Waals surface area contributed by atoms with E-state index in [4.69, 9.17) is 23.7 Å². The predicted octanol–water partition coefficient (Wildman–Crippen LogP) is 3.71. The number of benzene rings is 1. The fourth-order valence-electron chi connectivity index (χ4n) is 3.38. The Bertz CT molecular complexity index is 581. The number of carbonyl (C=O) groups excluding carboxylic acids is 1. The smallest absolute Gasteiger partial charge is 0.305 e. The molecule has 1 aliphatic heterocycles. The first-order chi connectivity index (χ1) is 13.0. The van der Waals surface area contributed by atoms with Gasteiger partial charge >= 0.3 is 5.97 Å². The molecule has 27 heavy (non-hydrogen) atoms. The number of esters is 1. The lowest BCUT2D eigenvalue weighted by Crippen LogP contribution is -2.39. The Morgan fingerprint density at radius 3 is 2.41 bits per heavy atom. The molecule has 0 saturated carbocycles. The third-order valence-electron chi connectivity index (χ3n) is 5.20. The molecule has 0 aromatic heterocycles. The van der Waals surface area contributed by atoms with Gasteiger partial charge in [-0.15, -0.1) is 0 Å². The highest BCUT2D eigenvalue weighted by Gasteiger charge is 2.44. The standard InChI is InChI=1S/C21H32O6/c1-6-21(7-2)26-14-18(27-21)20(15(3)12-19(22)24-5)25-13-16-8-10-17(23-4)11-9-16/h8-11,15,18,20H,6-7,12-14H2,1-5H3/t15-,18-,20-/m0/s1. The molecule has 1 fully saturated rings. The van der Waals surface area contributed by atoms with Crippen LogP contribution in [0.3, 0.4) is 0 Å². The molecule has 0 aliphatic carbocycles. The van der Waals surface area contributed by atoms with E-state index in [0.29, 0.717) is 13.2 Å². The van der Waals surface area contributed by atoms with Crippen LogP contribution >= 0.6 is 0 Å². The highest BCUT2D eigenvalue weighted by atomic mass is 16.8. The van der Waals surface area contributed by atoms with Gasteiger partial charge in [-0.25, -0.2) is 0 Å². The lowest BCUT2D eigenvalue weighted by Gasteiger charge is -2.30. The molecule has 152 valence electrons. The molecule has 6 heteroatoms. The van der Waals surface area contributed by atoms with Crippen molar-refractivity contribution in [1.82, 2.24) is 0 Å². The SMILES string of the molecule is CCC1(CC)OC[C@@H]([C@@H](OCc2ccc(OC)cc2)[C@@H](C)CC(=O)OC)O1. The summed E-state index contributed by atoms with van der Waals surface area (Å²) in [5.74, 6) is -0.0692. The molecule has 0 N–H and O–H groups in total. The van der Waals surface area contributed by atoms with E-state index in [1.807, 2.05) is 31.2 Å². The molecule has 1 aromatic rings. The van der Waals surface area contributed by atoms with Crippen molar-refractivity contribution in [2.24, 2.45) is 5.92 Å². The van der Waals surface area contributed by atoms with Crippen molar-refractivity contribution in [2.45, 2.75) is 64.6 Å². The highest BCUT2D eigenvalue weighted by molar-refractivity contribution is 5.69. The maximum Gasteiger partial charge on any atom is 0.305 e. The number of rotatable bonds is 10. The van der Waals surface area contributed by atoms with Gasteiger partial charge in [-0.1, -0.05) is 32.9 Å². The third-order valence-corrected chi connectivity index (χ3v) is 5.20. The van der Waals surface area contributed by atoms with E-state index in [0.717, 1.165) is 24.2 Å². The Morgan fingerprint density at radius 1 is 1.22 bits per heavy atom. The molecule has 2 rings (SSSR count). The fourth-order valence-corrected chi connectivity index (χ4v) is 3.38. The van der Waals surface area contributed by atoms with Gasteiger partial charge in [0.15, 0.2) is 5.79 Å². The van der Waals surface area contributed by atoms with Crippen molar-refractivity contribution in [3.8, 4) is 5.75 Å². The van der Waals surface area contributed by atoms with Crippen LogP contribution < -0.4 is 4.74 Å². The van der Waals surface area contributed by atoms with E-state index >= 15 is 0 Å². The summed E-state index contributed by atoms with van der Waals surface area (Å²) in [5.41, 5.74) is 1.03. The zero-order valence-electron chi connectivity index (χ0n) is 17.0. The van der Waals surface area contributed by atoms with Crippen LogP contribution in [0.4, 0.5) is 0 Å². The minimum absolute atomic E-state index is 0.0613. The lowest BCUT2D eigenvalue weighted by molar-refractivity contribution is -0.191. The molecular weight excluding hydrogens is 348 g/mol. The Kier molecular flexibility index (Phi) is 8.07. The second-order valence-electron chi connectivity index (χ2n) is 6.97. The second-order valence-corrected chi connectivity index (χ2v) is 6.97. The maximum absolute atomic E-state index is 11.8. The Hall–Kier alpha value is -1.63. The predicted molar refractivity (Wildman–Crippen MR) is 102 cm³/mol. The van der Waals surface area contributed by atoms with Crippen LogP contribution in [0.25, 0.3) is 0 Å². The summed E-state index contributed by atoms with van der Waals surface area (Å²) >= 11 is 0. The van der Waals surface area contributed by atoms with Crippen LogP contribution in [0.2, 0.25) is 0 Å². The Labute approximate surface area is 162 Å². The second kappa shape index (κ2) is 10.1. The summed E-state index contributed by atoms with van der Waals surface area (Å²) < 4.78 is 28.4. The number of hydrogen-bond acceptors (Lipinski definition) is 6. The highest BCUT2D eigenvalue weighted by Crippen LogP contribution is 2.34. The van der Waals surface area contributed by atoms with Gasteiger partial charge in [0.05, 0.1) is 40.0 Å². The van der Waals surface area contributed by atoms with Gasteiger partial charge in [0.25, 0.3) is 0 Å². The molecule has 0 radical (unpaired) electrons. The molecule has 0 spiro atoms. The summed E-state index contributed by atoms with van der Waals surface area (Å²) in [4.78, 5) is 11.8. The summed E-state index contributed by atoms with van der Waals surface area (Å²) in [6.45, 7) is 6.97. The van der Waals surface area contributed by atoms with Crippen molar-refractivity contribution in [3.05, 3.63) is 29.8 Å². The summed E-state index contributed by atoms with van der Waals surface area (Å²) in [6.07, 6.45) is 1.33. The number of methoxy groups -OCH3 is 2. The topological polar surface area (TPSA) is 63.2 Å². The van der Waals surface area contributed by atoms with Crippen molar-refractivity contribution >= 4 is 5.97 Å². The minimum Gasteiger partial charge on any atom is -0.497 e.